The number of rotatable bonds is 3. The maximum Gasteiger partial charge on any atom is 0.294 e. The van der Waals surface area contributed by atoms with Crippen LogP contribution in [0.1, 0.15) is 30.4 Å². The number of imide groups is 1. The monoisotopic (exact) mass is 340 g/mol. The zero-order valence-corrected chi connectivity index (χ0v) is 14.6. The van der Waals surface area contributed by atoms with Gasteiger partial charge in [0.15, 0.2) is 0 Å². The van der Waals surface area contributed by atoms with Crippen LogP contribution < -0.4 is 4.90 Å². The van der Waals surface area contributed by atoms with E-state index in [0.29, 0.717) is 4.91 Å². The van der Waals surface area contributed by atoms with Crippen LogP contribution in [0.2, 0.25) is 0 Å². The highest BCUT2D eigenvalue weighted by molar-refractivity contribution is 8.18. The molecule has 4 nitrogen and oxygen atoms in total. The predicted molar refractivity (Wildman–Crippen MR) is 98.8 cm³/mol. The number of hydrogen-bond acceptors (Lipinski definition) is 4. The minimum absolute atomic E-state index is 0.0227. The standard InChI is InChI=1S/C19H20N2O2S/c1-3-9-21-18(22)17(24-19(21)23)13-15-7-8-16(12-14(15)2)20-10-5-4-6-11-20/h1,7-8,12-13H,4-6,9-11H2,2H3. The van der Waals surface area contributed by atoms with Gasteiger partial charge >= 0.3 is 0 Å². The van der Waals surface area contributed by atoms with Gasteiger partial charge in [0, 0.05) is 18.8 Å². The van der Waals surface area contributed by atoms with Gasteiger partial charge < -0.3 is 4.90 Å². The molecule has 2 amide bonds. The molecule has 0 atom stereocenters. The van der Waals surface area contributed by atoms with Crippen LogP contribution in [0.15, 0.2) is 23.1 Å². The Bertz CT molecular complexity index is 742. The van der Waals surface area contributed by atoms with Gasteiger partial charge in [0.25, 0.3) is 11.1 Å². The van der Waals surface area contributed by atoms with E-state index < -0.39 is 0 Å². The molecule has 0 N–H and O–H groups in total. The number of benzene rings is 1. The van der Waals surface area contributed by atoms with Gasteiger partial charge in [0.1, 0.15) is 0 Å². The van der Waals surface area contributed by atoms with Crippen molar-refractivity contribution >= 4 is 34.7 Å². The van der Waals surface area contributed by atoms with Crippen molar-refractivity contribution < 1.29 is 9.59 Å². The van der Waals surface area contributed by atoms with Crippen LogP contribution in [-0.4, -0.2) is 35.7 Å². The molecule has 24 heavy (non-hydrogen) atoms. The number of aryl methyl sites for hydroxylation is 1. The number of anilines is 1. The summed E-state index contributed by atoms with van der Waals surface area (Å²) in [5.41, 5.74) is 3.29. The zero-order chi connectivity index (χ0) is 17.1. The first kappa shape index (κ1) is 16.7. The van der Waals surface area contributed by atoms with Gasteiger partial charge in [-0.15, -0.1) is 6.42 Å². The lowest BCUT2D eigenvalue weighted by Crippen LogP contribution is -2.29. The first-order chi connectivity index (χ1) is 11.6. The van der Waals surface area contributed by atoms with Crippen molar-refractivity contribution in [1.82, 2.24) is 4.90 Å². The Hall–Kier alpha value is -2.19. The highest BCUT2D eigenvalue weighted by Gasteiger charge is 2.34. The molecule has 2 heterocycles. The smallest absolute Gasteiger partial charge is 0.294 e. The van der Waals surface area contributed by atoms with Crippen LogP contribution in [-0.2, 0) is 4.79 Å². The van der Waals surface area contributed by atoms with Crippen molar-refractivity contribution in [1.29, 1.82) is 0 Å². The van der Waals surface area contributed by atoms with Gasteiger partial charge in [0.05, 0.1) is 11.4 Å². The van der Waals surface area contributed by atoms with E-state index in [1.165, 1.54) is 24.9 Å². The minimum Gasteiger partial charge on any atom is -0.372 e. The number of nitrogens with zero attached hydrogens (tertiary/aromatic N) is 2. The molecule has 0 radical (unpaired) electrons. The third-order valence-electron chi connectivity index (χ3n) is 4.38. The molecule has 3 rings (SSSR count). The molecule has 0 bridgehead atoms. The molecule has 124 valence electrons. The molecule has 2 aliphatic rings. The van der Waals surface area contributed by atoms with Crippen LogP contribution in [0, 0.1) is 19.3 Å². The van der Waals surface area contributed by atoms with Crippen molar-refractivity contribution in [2.24, 2.45) is 0 Å². The van der Waals surface area contributed by atoms with Crippen LogP contribution >= 0.6 is 11.8 Å². The number of thioether (sulfide) groups is 1. The summed E-state index contributed by atoms with van der Waals surface area (Å²) in [6, 6.07) is 6.27. The van der Waals surface area contributed by atoms with Crippen molar-refractivity contribution in [3.05, 3.63) is 34.2 Å². The van der Waals surface area contributed by atoms with E-state index in [9.17, 15) is 9.59 Å². The zero-order valence-electron chi connectivity index (χ0n) is 13.7. The van der Waals surface area contributed by atoms with Crippen LogP contribution in [0.3, 0.4) is 0 Å². The lowest BCUT2D eigenvalue weighted by molar-refractivity contribution is -0.122. The third-order valence-corrected chi connectivity index (χ3v) is 5.29. The van der Waals surface area contributed by atoms with E-state index in [4.69, 9.17) is 6.42 Å². The third kappa shape index (κ3) is 3.34. The molecule has 0 aromatic heterocycles. The Morgan fingerprint density at radius 2 is 2.00 bits per heavy atom. The van der Waals surface area contributed by atoms with E-state index >= 15 is 0 Å². The Kier molecular flexibility index (Phi) is 4.96. The molecule has 2 aliphatic heterocycles. The van der Waals surface area contributed by atoms with Gasteiger partial charge in [0.2, 0.25) is 0 Å². The van der Waals surface area contributed by atoms with Gasteiger partial charge in [-0.25, -0.2) is 0 Å². The normalized spacial score (nSPS) is 19.9. The summed E-state index contributed by atoms with van der Waals surface area (Å²) in [4.78, 5) is 28.0. The summed E-state index contributed by atoms with van der Waals surface area (Å²) in [5.74, 6) is 2.04. The van der Waals surface area contributed by atoms with Crippen molar-refractivity contribution in [3.8, 4) is 12.3 Å². The molecular formula is C19H20N2O2S. The molecule has 0 aliphatic carbocycles. The fraction of sp³-hybridized carbons (Fsp3) is 0.368. The fourth-order valence-corrected chi connectivity index (χ4v) is 3.87. The van der Waals surface area contributed by atoms with Gasteiger partial charge in [-0.05, 0) is 67.3 Å². The second kappa shape index (κ2) is 7.14. The van der Waals surface area contributed by atoms with Gasteiger partial charge in [-0.2, -0.15) is 0 Å². The summed E-state index contributed by atoms with van der Waals surface area (Å²) in [6.07, 6.45) is 10.8. The van der Waals surface area contributed by atoms with E-state index in [-0.39, 0.29) is 17.7 Å². The molecule has 1 aromatic carbocycles. The first-order valence-electron chi connectivity index (χ1n) is 8.14. The number of carbonyl (C=O) groups excluding carboxylic acids is 2. The summed E-state index contributed by atoms with van der Waals surface area (Å²) in [7, 11) is 0. The van der Waals surface area contributed by atoms with Crippen LogP contribution in [0.4, 0.5) is 10.5 Å². The average Bonchev–Trinajstić information content (AvgIpc) is 2.85. The Morgan fingerprint density at radius 1 is 1.25 bits per heavy atom. The van der Waals surface area contributed by atoms with Crippen molar-refractivity contribution in [2.45, 2.75) is 26.2 Å². The Balaban J connectivity index is 1.82. The summed E-state index contributed by atoms with van der Waals surface area (Å²) in [5, 5.41) is -0.299. The van der Waals surface area contributed by atoms with Crippen molar-refractivity contribution in [2.75, 3.05) is 24.5 Å². The van der Waals surface area contributed by atoms with Gasteiger partial charge in [-0.3, -0.25) is 14.5 Å². The summed E-state index contributed by atoms with van der Waals surface area (Å²) < 4.78 is 0. The highest BCUT2D eigenvalue weighted by atomic mass is 32.2. The summed E-state index contributed by atoms with van der Waals surface area (Å²) in [6.45, 7) is 4.26. The largest absolute Gasteiger partial charge is 0.372 e. The number of terminal acetylenes is 1. The SMILES string of the molecule is C#CCN1C(=O)SC(=Cc2ccc(N3CCCCC3)cc2C)C1=O. The van der Waals surface area contributed by atoms with Gasteiger partial charge in [-0.1, -0.05) is 12.0 Å². The lowest BCUT2D eigenvalue weighted by atomic mass is 10.0. The fourth-order valence-electron chi connectivity index (χ4n) is 3.04. The number of hydrogen-bond donors (Lipinski definition) is 0. The molecule has 5 heteroatoms. The van der Waals surface area contributed by atoms with E-state index in [0.717, 1.165) is 40.9 Å². The molecule has 0 spiro atoms. The second-order valence-electron chi connectivity index (χ2n) is 6.06. The minimum atomic E-state index is -0.303. The maximum atomic E-state index is 12.2. The molecule has 0 saturated carbocycles. The topological polar surface area (TPSA) is 40.6 Å². The molecular weight excluding hydrogens is 320 g/mol. The number of piperidine rings is 1. The second-order valence-corrected chi connectivity index (χ2v) is 7.05. The molecule has 2 saturated heterocycles. The van der Waals surface area contributed by atoms with E-state index in [1.807, 2.05) is 13.0 Å². The Morgan fingerprint density at radius 3 is 2.67 bits per heavy atom. The van der Waals surface area contributed by atoms with Crippen LogP contribution in [0.25, 0.3) is 6.08 Å². The molecule has 2 fully saturated rings. The van der Waals surface area contributed by atoms with E-state index in [2.05, 4.69) is 23.0 Å². The first-order valence-corrected chi connectivity index (χ1v) is 8.96. The quantitative estimate of drug-likeness (QED) is 0.622. The number of amides is 2. The molecule has 0 unspecified atom stereocenters. The van der Waals surface area contributed by atoms with Crippen molar-refractivity contribution in [3.63, 3.8) is 0 Å². The lowest BCUT2D eigenvalue weighted by Gasteiger charge is -2.29. The maximum absolute atomic E-state index is 12.2. The highest BCUT2D eigenvalue weighted by Crippen LogP contribution is 2.33. The average molecular weight is 340 g/mol. The number of carbonyl (C=O) groups is 2. The van der Waals surface area contributed by atoms with E-state index in [1.54, 1.807) is 6.08 Å². The Labute approximate surface area is 146 Å². The molecule has 1 aromatic rings. The predicted octanol–water partition coefficient (Wildman–Crippen LogP) is 3.65. The summed E-state index contributed by atoms with van der Waals surface area (Å²) >= 11 is 0.950. The van der Waals surface area contributed by atoms with Crippen LogP contribution in [0.5, 0.6) is 0 Å².